The summed E-state index contributed by atoms with van der Waals surface area (Å²) in [5.74, 6) is 0.291. The topological polar surface area (TPSA) is 94.1 Å². The van der Waals surface area contributed by atoms with Gasteiger partial charge in [-0.15, -0.1) is 0 Å². The van der Waals surface area contributed by atoms with Crippen LogP contribution in [0.5, 0.6) is 17.2 Å². The zero-order chi connectivity index (χ0) is 19.5. The third-order valence-electron chi connectivity index (χ3n) is 3.39. The van der Waals surface area contributed by atoms with Gasteiger partial charge in [0.15, 0.2) is 11.5 Å². The van der Waals surface area contributed by atoms with Gasteiger partial charge in [-0.2, -0.15) is 11.8 Å². The number of carbonyl (C=O) groups excluding carboxylic acids is 1. The Balaban J connectivity index is 3.16. The molecule has 1 rings (SSSR count). The second-order valence-electron chi connectivity index (χ2n) is 5.25. The number of aliphatic carboxylic acids is 1. The van der Waals surface area contributed by atoms with E-state index >= 15 is 0 Å². The summed E-state index contributed by atoms with van der Waals surface area (Å²) in [6.45, 7) is 6.69. The SMILES string of the molecule is CCOc1cc(C(=O)N[C@@H](CCSC)C(=O)O)cc(OCC)c1OCC. The lowest BCUT2D eigenvalue weighted by molar-refractivity contribution is -0.139. The van der Waals surface area contributed by atoms with Crippen molar-refractivity contribution in [3.63, 3.8) is 0 Å². The van der Waals surface area contributed by atoms with E-state index in [0.29, 0.717) is 49.2 Å². The maximum Gasteiger partial charge on any atom is 0.326 e. The highest BCUT2D eigenvalue weighted by molar-refractivity contribution is 7.98. The highest BCUT2D eigenvalue weighted by Crippen LogP contribution is 2.39. The van der Waals surface area contributed by atoms with Crippen LogP contribution in [0, 0.1) is 0 Å². The molecule has 0 fully saturated rings. The van der Waals surface area contributed by atoms with Gasteiger partial charge in [-0.3, -0.25) is 4.79 Å². The first kappa shape index (κ1) is 22.0. The second kappa shape index (κ2) is 11.5. The molecule has 0 heterocycles. The summed E-state index contributed by atoms with van der Waals surface area (Å²) in [7, 11) is 0. The number of carbonyl (C=O) groups is 2. The Morgan fingerprint density at radius 3 is 2.04 bits per heavy atom. The van der Waals surface area contributed by atoms with Gasteiger partial charge in [0.25, 0.3) is 5.91 Å². The summed E-state index contributed by atoms with van der Waals surface area (Å²) >= 11 is 1.52. The van der Waals surface area contributed by atoms with Crippen LogP contribution in [-0.2, 0) is 4.79 Å². The van der Waals surface area contributed by atoms with Crippen LogP contribution < -0.4 is 19.5 Å². The van der Waals surface area contributed by atoms with Crippen LogP contribution in [0.15, 0.2) is 12.1 Å². The van der Waals surface area contributed by atoms with Crippen molar-refractivity contribution >= 4 is 23.6 Å². The van der Waals surface area contributed by atoms with Crippen molar-refractivity contribution < 1.29 is 28.9 Å². The molecule has 0 saturated heterocycles. The molecule has 0 aliphatic rings. The fourth-order valence-corrected chi connectivity index (χ4v) is 2.73. The number of thioether (sulfide) groups is 1. The summed E-state index contributed by atoms with van der Waals surface area (Å²) < 4.78 is 16.8. The highest BCUT2D eigenvalue weighted by atomic mass is 32.2. The molecule has 2 N–H and O–H groups in total. The zero-order valence-corrected chi connectivity index (χ0v) is 16.5. The Morgan fingerprint density at radius 2 is 1.62 bits per heavy atom. The first-order valence-electron chi connectivity index (χ1n) is 8.57. The van der Waals surface area contributed by atoms with Gasteiger partial charge in [0.1, 0.15) is 6.04 Å². The monoisotopic (exact) mass is 385 g/mol. The molecular formula is C18H27NO6S. The van der Waals surface area contributed by atoms with Gasteiger partial charge in [0, 0.05) is 5.56 Å². The van der Waals surface area contributed by atoms with Crippen molar-refractivity contribution in [2.24, 2.45) is 0 Å². The molecule has 0 aliphatic carbocycles. The molecule has 0 aromatic heterocycles. The van der Waals surface area contributed by atoms with E-state index in [2.05, 4.69) is 5.32 Å². The van der Waals surface area contributed by atoms with Gasteiger partial charge in [0.2, 0.25) is 5.75 Å². The van der Waals surface area contributed by atoms with Crippen LogP contribution in [0.3, 0.4) is 0 Å². The smallest absolute Gasteiger partial charge is 0.326 e. The van der Waals surface area contributed by atoms with E-state index in [1.165, 1.54) is 11.8 Å². The number of rotatable bonds is 12. The molecule has 0 saturated carbocycles. The third-order valence-corrected chi connectivity index (χ3v) is 4.03. The Kier molecular flexibility index (Phi) is 9.72. The minimum atomic E-state index is -1.06. The van der Waals surface area contributed by atoms with Crippen LogP contribution >= 0.6 is 11.8 Å². The normalized spacial score (nSPS) is 11.5. The molecule has 0 radical (unpaired) electrons. The predicted octanol–water partition coefficient (Wildman–Crippen LogP) is 2.82. The number of amides is 1. The van der Waals surface area contributed by atoms with E-state index < -0.39 is 17.9 Å². The van der Waals surface area contributed by atoms with Crippen molar-refractivity contribution in [3.8, 4) is 17.2 Å². The first-order chi connectivity index (χ1) is 12.5. The van der Waals surface area contributed by atoms with E-state index in [-0.39, 0.29) is 5.56 Å². The quantitative estimate of drug-likeness (QED) is 0.571. The van der Waals surface area contributed by atoms with Crippen LogP contribution in [0.1, 0.15) is 37.6 Å². The highest BCUT2D eigenvalue weighted by Gasteiger charge is 2.23. The summed E-state index contributed by atoms with van der Waals surface area (Å²) in [6.07, 6.45) is 2.23. The predicted molar refractivity (Wildman–Crippen MR) is 102 cm³/mol. The number of carboxylic acid groups (broad SMARTS) is 1. The van der Waals surface area contributed by atoms with E-state index in [4.69, 9.17) is 14.2 Å². The molecular weight excluding hydrogens is 358 g/mol. The molecule has 1 amide bonds. The number of hydrogen-bond donors (Lipinski definition) is 2. The standard InChI is InChI=1S/C18H27NO6S/c1-5-23-14-10-12(11-15(24-6-2)16(14)25-7-3)17(20)19-13(18(21)22)8-9-26-4/h10-11,13H,5-9H2,1-4H3,(H,19,20)(H,21,22)/t13-/m0/s1. The van der Waals surface area contributed by atoms with Crippen LogP contribution in [-0.4, -0.2) is 54.9 Å². The average Bonchev–Trinajstić information content (AvgIpc) is 2.61. The van der Waals surface area contributed by atoms with Gasteiger partial charge in [-0.05, 0) is 51.3 Å². The molecule has 26 heavy (non-hydrogen) atoms. The number of ether oxygens (including phenoxy) is 3. The van der Waals surface area contributed by atoms with Crippen molar-refractivity contribution in [2.45, 2.75) is 33.2 Å². The number of benzene rings is 1. The van der Waals surface area contributed by atoms with Crippen LogP contribution in [0.4, 0.5) is 0 Å². The van der Waals surface area contributed by atoms with Crippen molar-refractivity contribution in [1.29, 1.82) is 0 Å². The van der Waals surface area contributed by atoms with Crippen LogP contribution in [0.2, 0.25) is 0 Å². The van der Waals surface area contributed by atoms with Gasteiger partial charge < -0.3 is 24.6 Å². The van der Waals surface area contributed by atoms with E-state index in [9.17, 15) is 14.7 Å². The van der Waals surface area contributed by atoms with Gasteiger partial charge in [-0.25, -0.2) is 4.79 Å². The van der Waals surface area contributed by atoms with Gasteiger partial charge in [0.05, 0.1) is 19.8 Å². The van der Waals surface area contributed by atoms with Crippen molar-refractivity contribution in [3.05, 3.63) is 17.7 Å². The molecule has 0 bridgehead atoms. The maximum atomic E-state index is 12.6. The summed E-state index contributed by atoms with van der Waals surface area (Å²) in [6, 6.07) is 2.13. The fourth-order valence-electron chi connectivity index (χ4n) is 2.25. The molecule has 0 aliphatic heterocycles. The Bertz CT molecular complexity index is 580. The Hall–Kier alpha value is -2.09. The molecule has 7 nitrogen and oxygen atoms in total. The van der Waals surface area contributed by atoms with E-state index in [1.807, 2.05) is 27.0 Å². The summed E-state index contributed by atoms with van der Waals surface area (Å²) in [5, 5.41) is 11.8. The average molecular weight is 385 g/mol. The van der Waals surface area contributed by atoms with Crippen LogP contribution in [0.25, 0.3) is 0 Å². The van der Waals surface area contributed by atoms with Gasteiger partial charge >= 0.3 is 5.97 Å². The number of nitrogens with one attached hydrogen (secondary N) is 1. The first-order valence-corrected chi connectivity index (χ1v) is 9.96. The lowest BCUT2D eigenvalue weighted by atomic mass is 10.1. The maximum absolute atomic E-state index is 12.6. The second-order valence-corrected chi connectivity index (χ2v) is 6.23. The number of carboxylic acids is 1. The van der Waals surface area contributed by atoms with E-state index in [0.717, 1.165) is 0 Å². The van der Waals surface area contributed by atoms with Crippen molar-refractivity contribution in [2.75, 3.05) is 31.8 Å². The molecule has 1 atom stereocenters. The summed E-state index contributed by atoms with van der Waals surface area (Å²) in [4.78, 5) is 23.9. The molecule has 8 heteroatoms. The third kappa shape index (κ3) is 6.33. The Labute approximate surface area is 158 Å². The van der Waals surface area contributed by atoms with Crippen molar-refractivity contribution in [1.82, 2.24) is 5.32 Å². The Morgan fingerprint density at radius 1 is 1.08 bits per heavy atom. The number of hydrogen-bond acceptors (Lipinski definition) is 6. The molecule has 146 valence electrons. The largest absolute Gasteiger partial charge is 0.490 e. The lowest BCUT2D eigenvalue weighted by Crippen LogP contribution is -2.41. The molecule has 1 aromatic carbocycles. The summed E-state index contributed by atoms with van der Waals surface area (Å²) in [5.41, 5.74) is 0.260. The molecule has 0 spiro atoms. The minimum absolute atomic E-state index is 0.260. The molecule has 0 unspecified atom stereocenters. The fraction of sp³-hybridized carbons (Fsp3) is 0.556. The van der Waals surface area contributed by atoms with E-state index in [1.54, 1.807) is 12.1 Å². The minimum Gasteiger partial charge on any atom is -0.490 e. The lowest BCUT2D eigenvalue weighted by Gasteiger charge is -2.18. The zero-order valence-electron chi connectivity index (χ0n) is 15.7. The molecule has 1 aromatic rings. The van der Waals surface area contributed by atoms with Gasteiger partial charge in [-0.1, -0.05) is 0 Å².